The van der Waals surface area contributed by atoms with Crippen LogP contribution in [0.1, 0.15) is 44.1 Å². The summed E-state index contributed by atoms with van der Waals surface area (Å²) >= 11 is 0. The third-order valence-electron chi connectivity index (χ3n) is 7.32. The number of rotatable bonds is 11. The van der Waals surface area contributed by atoms with Gasteiger partial charge in [0.1, 0.15) is 5.82 Å². The Kier molecular flexibility index (Phi) is 9.15. The molecule has 0 unspecified atom stereocenters. The van der Waals surface area contributed by atoms with E-state index in [0.717, 1.165) is 67.9 Å². The third kappa shape index (κ3) is 7.26. The Labute approximate surface area is 197 Å². The Morgan fingerprint density at radius 3 is 2.36 bits per heavy atom. The second kappa shape index (κ2) is 12.5. The van der Waals surface area contributed by atoms with Crippen LogP contribution in [0.2, 0.25) is 0 Å². The minimum Gasteiger partial charge on any atom is -0.361 e. The standard InChI is InChI=1S/C26H40FN5O/c27-23-3-4-25-24(16-23)22(19-31-25)15-26(33)32-13-7-21(8-14-32)18-30-10-2-1-9-29-17-20-5-11-28-12-6-20/h3-4,16,19-21,28-31H,1-2,5-15,17-18H2. The van der Waals surface area contributed by atoms with Gasteiger partial charge in [-0.25, -0.2) is 4.39 Å². The van der Waals surface area contributed by atoms with Gasteiger partial charge in [-0.2, -0.15) is 0 Å². The van der Waals surface area contributed by atoms with E-state index < -0.39 is 0 Å². The number of nitrogens with one attached hydrogen (secondary N) is 4. The van der Waals surface area contributed by atoms with Crippen molar-refractivity contribution >= 4 is 16.8 Å². The van der Waals surface area contributed by atoms with Gasteiger partial charge < -0.3 is 25.8 Å². The second-order valence-electron chi connectivity index (χ2n) is 9.81. The molecule has 1 aromatic heterocycles. The van der Waals surface area contributed by atoms with Crippen molar-refractivity contribution in [3.63, 3.8) is 0 Å². The number of unbranched alkanes of at least 4 members (excludes halogenated alkanes) is 1. The van der Waals surface area contributed by atoms with Crippen molar-refractivity contribution in [1.29, 1.82) is 0 Å². The van der Waals surface area contributed by atoms with Gasteiger partial charge in [-0.3, -0.25) is 4.79 Å². The predicted molar refractivity (Wildman–Crippen MR) is 132 cm³/mol. The van der Waals surface area contributed by atoms with Crippen molar-refractivity contribution in [3.8, 4) is 0 Å². The highest BCUT2D eigenvalue weighted by Crippen LogP contribution is 2.22. The summed E-state index contributed by atoms with van der Waals surface area (Å²) in [5.74, 6) is 1.38. The number of H-pyrrole nitrogens is 1. The van der Waals surface area contributed by atoms with Gasteiger partial charge in [0.25, 0.3) is 0 Å². The number of aromatic amines is 1. The average Bonchev–Trinajstić information content (AvgIpc) is 3.23. The van der Waals surface area contributed by atoms with Gasteiger partial charge in [0, 0.05) is 30.2 Å². The van der Waals surface area contributed by atoms with E-state index >= 15 is 0 Å². The number of fused-ring (bicyclic) bond motifs is 1. The number of halogens is 1. The number of hydrogen-bond donors (Lipinski definition) is 4. The summed E-state index contributed by atoms with van der Waals surface area (Å²) in [7, 11) is 0. The Bertz CT molecular complexity index is 871. The first-order valence-corrected chi connectivity index (χ1v) is 12.8. The highest BCUT2D eigenvalue weighted by atomic mass is 19.1. The lowest BCUT2D eigenvalue weighted by Gasteiger charge is -2.32. The van der Waals surface area contributed by atoms with Crippen molar-refractivity contribution < 1.29 is 9.18 Å². The van der Waals surface area contributed by atoms with Gasteiger partial charge in [0.2, 0.25) is 5.91 Å². The van der Waals surface area contributed by atoms with E-state index in [4.69, 9.17) is 0 Å². The molecule has 2 aliphatic heterocycles. The van der Waals surface area contributed by atoms with E-state index in [1.807, 2.05) is 11.1 Å². The Morgan fingerprint density at radius 2 is 1.67 bits per heavy atom. The summed E-state index contributed by atoms with van der Waals surface area (Å²) in [6.45, 7) is 8.41. The number of aromatic nitrogens is 1. The van der Waals surface area contributed by atoms with Gasteiger partial charge in [0.05, 0.1) is 6.42 Å². The summed E-state index contributed by atoms with van der Waals surface area (Å²) in [6.07, 6.45) is 9.33. The molecule has 2 aromatic rings. The van der Waals surface area contributed by atoms with E-state index in [0.29, 0.717) is 12.3 Å². The third-order valence-corrected chi connectivity index (χ3v) is 7.32. The molecule has 182 valence electrons. The molecule has 7 heteroatoms. The molecule has 6 nitrogen and oxygen atoms in total. The van der Waals surface area contributed by atoms with Crippen LogP contribution in [-0.4, -0.2) is 68.1 Å². The Hall–Kier alpha value is -1.96. The summed E-state index contributed by atoms with van der Waals surface area (Å²) in [4.78, 5) is 17.9. The second-order valence-corrected chi connectivity index (χ2v) is 9.81. The molecule has 4 rings (SSSR count). The monoisotopic (exact) mass is 457 g/mol. The number of benzene rings is 1. The van der Waals surface area contributed by atoms with E-state index in [2.05, 4.69) is 20.9 Å². The highest BCUT2D eigenvalue weighted by molar-refractivity contribution is 5.89. The normalized spacial score (nSPS) is 18.3. The van der Waals surface area contributed by atoms with Gasteiger partial charge in [-0.05, 0) is 113 Å². The molecule has 0 aliphatic carbocycles. The van der Waals surface area contributed by atoms with Gasteiger partial charge in [0.15, 0.2) is 0 Å². The van der Waals surface area contributed by atoms with Crippen LogP contribution < -0.4 is 16.0 Å². The maximum atomic E-state index is 13.6. The van der Waals surface area contributed by atoms with Crippen LogP contribution in [0.25, 0.3) is 10.9 Å². The molecule has 0 radical (unpaired) electrons. The zero-order chi connectivity index (χ0) is 22.9. The lowest BCUT2D eigenvalue weighted by atomic mass is 9.96. The maximum absolute atomic E-state index is 13.6. The Morgan fingerprint density at radius 1 is 1.00 bits per heavy atom. The van der Waals surface area contributed by atoms with E-state index in [9.17, 15) is 9.18 Å². The van der Waals surface area contributed by atoms with Crippen LogP contribution >= 0.6 is 0 Å². The van der Waals surface area contributed by atoms with E-state index in [1.54, 1.807) is 6.07 Å². The average molecular weight is 458 g/mol. The highest BCUT2D eigenvalue weighted by Gasteiger charge is 2.23. The Balaban J connectivity index is 1.05. The quantitative estimate of drug-likeness (QED) is 0.392. The molecule has 0 saturated carbocycles. The largest absolute Gasteiger partial charge is 0.361 e. The number of nitrogens with zero attached hydrogens (tertiary/aromatic N) is 1. The smallest absolute Gasteiger partial charge is 0.227 e. The fourth-order valence-corrected chi connectivity index (χ4v) is 5.16. The summed E-state index contributed by atoms with van der Waals surface area (Å²) in [5, 5.41) is 11.5. The van der Waals surface area contributed by atoms with E-state index in [-0.39, 0.29) is 11.7 Å². The first-order chi connectivity index (χ1) is 16.2. The molecule has 2 saturated heterocycles. The minimum atomic E-state index is -0.266. The molecule has 4 N–H and O–H groups in total. The molecule has 2 fully saturated rings. The van der Waals surface area contributed by atoms with Gasteiger partial charge >= 0.3 is 0 Å². The molecule has 0 bridgehead atoms. The molecule has 0 atom stereocenters. The molecule has 3 heterocycles. The number of amides is 1. The van der Waals surface area contributed by atoms with Crippen LogP contribution in [0.15, 0.2) is 24.4 Å². The number of likely N-dealkylation sites (tertiary alicyclic amines) is 1. The minimum absolute atomic E-state index is 0.142. The van der Waals surface area contributed by atoms with E-state index in [1.165, 1.54) is 57.5 Å². The topological polar surface area (TPSA) is 72.2 Å². The van der Waals surface area contributed by atoms with Gasteiger partial charge in [-0.15, -0.1) is 0 Å². The van der Waals surface area contributed by atoms with Crippen molar-refractivity contribution in [2.45, 2.75) is 44.9 Å². The zero-order valence-electron chi connectivity index (χ0n) is 19.8. The zero-order valence-corrected chi connectivity index (χ0v) is 19.8. The van der Waals surface area contributed by atoms with Crippen molar-refractivity contribution in [1.82, 2.24) is 25.8 Å². The lowest BCUT2D eigenvalue weighted by molar-refractivity contribution is -0.131. The van der Waals surface area contributed by atoms with Crippen LogP contribution in [-0.2, 0) is 11.2 Å². The van der Waals surface area contributed by atoms with Crippen LogP contribution in [0.3, 0.4) is 0 Å². The van der Waals surface area contributed by atoms with Gasteiger partial charge in [-0.1, -0.05) is 0 Å². The number of carbonyl (C=O) groups excluding carboxylic acids is 1. The molecule has 33 heavy (non-hydrogen) atoms. The molecule has 1 aromatic carbocycles. The summed E-state index contributed by atoms with van der Waals surface area (Å²) in [5.41, 5.74) is 1.75. The molecular formula is C26H40FN5O. The first-order valence-electron chi connectivity index (χ1n) is 12.8. The summed E-state index contributed by atoms with van der Waals surface area (Å²) in [6, 6.07) is 4.68. The van der Waals surface area contributed by atoms with Crippen molar-refractivity contribution in [3.05, 3.63) is 35.8 Å². The SMILES string of the molecule is O=C(Cc1c[nH]c2ccc(F)cc12)N1CCC(CNCCCCNCC2CCNCC2)CC1. The van der Waals surface area contributed by atoms with Crippen molar-refractivity contribution in [2.24, 2.45) is 11.8 Å². The van der Waals surface area contributed by atoms with Crippen molar-refractivity contribution in [2.75, 3.05) is 52.4 Å². The molecule has 2 aliphatic rings. The number of hydrogen-bond acceptors (Lipinski definition) is 4. The number of carbonyl (C=O) groups is 1. The maximum Gasteiger partial charge on any atom is 0.227 e. The fourth-order valence-electron chi connectivity index (χ4n) is 5.16. The van der Waals surface area contributed by atoms with Crippen LogP contribution in [0.4, 0.5) is 4.39 Å². The van der Waals surface area contributed by atoms with Crippen LogP contribution in [0.5, 0.6) is 0 Å². The fraction of sp³-hybridized carbons (Fsp3) is 0.654. The number of piperidine rings is 2. The predicted octanol–water partition coefficient (Wildman–Crippen LogP) is 3.05. The summed E-state index contributed by atoms with van der Waals surface area (Å²) < 4.78 is 13.6. The van der Waals surface area contributed by atoms with Crippen LogP contribution in [0, 0.1) is 17.7 Å². The first kappa shape index (κ1) is 24.2. The lowest BCUT2D eigenvalue weighted by Crippen LogP contribution is -2.41. The molecule has 0 spiro atoms. The molecule has 1 amide bonds. The molecular weight excluding hydrogens is 417 g/mol.